The van der Waals surface area contributed by atoms with Crippen molar-refractivity contribution in [2.24, 2.45) is 0 Å². The average Bonchev–Trinajstić information content (AvgIpc) is 2.75. The maximum Gasteiger partial charge on any atom is 0.328 e. The van der Waals surface area contributed by atoms with Gasteiger partial charge in [0.25, 0.3) is 10.1 Å². The Morgan fingerprint density at radius 3 is 2.39 bits per heavy atom. The third-order valence-electron chi connectivity index (χ3n) is 4.49. The molecule has 13 heteroatoms. The first kappa shape index (κ1) is 27.9. The van der Waals surface area contributed by atoms with Gasteiger partial charge < -0.3 is 30.9 Å². The summed E-state index contributed by atoms with van der Waals surface area (Å²) in [6.45, 7) is 0.189. The van der Waals surface area contributed by atoms with Crippen molar-refractivity contribution >= 4 is 34.0 Å². The third-order valence-corrected chi connectivity index (χ3v) is 5.24. The van der Waals surface area contributed by atoms with Crippen molar-refractivity contribution in [1.82, 2.24) is 16.0 Å². The van der Waals surface area contributed by atoms with E-state index in [1.165, 1.54) is 38.4 Å². The van der Waals surface area contributed by atoms with Gasteiger partial charge in [0.15, 0.2) is 11.5 Å². The number of phenolic OH excluding ortho intramolecular Hbond substituents is 2. The molecule has 184 valence electrons. The number of carbonyl (C=O) groups excluding carboxylic acids is 3. The molecule has 1 unspecified atom stereocenters. The fraction of sp³-hybridized carbons (Fsp3) is 0.450. The minimum Gasteiger partial charge on any atom is -0.504 e. The zero-order valence-electron chi connectivity index (χ0n) is 18.3. The molecule has 0 heterocycles. The highest BCUT2D eigenvalue weighted by Gasteiger charge is 2.23. The maximum atomic E-state index is 12.1. The topological polar surface area (TPSA) is 191 Å². The van der Waals surface area contributed by atoms with E-state index in [-0.39, 0.29) is 24.5 Å². The largest absolute Gasteiger partial charge is 0.504 e. The molecule has 2 atom stereocenters. The summed E-state index contributed by atoms with van der Waals surface area (Å²) in [5, 5.41) is 26.3. The Bertz CT molecular complexity index is 964. The lowest BCUT2D eigenvalue weighted by atomic mass is 10.1. The summed E-state index contributed by atoms with van der Waals surface area (Å²) >= 11 is 0. The number of hydrogen-bond acceptors (Lipinski definition) is 9. The van der Waals surface area contributed by atoms with Gasteiger partial charge in [0.2, 0.25) is 11.8 Å². The zero-order valence-corrected chi connectivity index (χ0v) is 19.1. The molecule has 12 nitrogen and oxygen atoms in total. The first-order chi connectivity index (χ1) is 15.5. The minimum absolute atomic E-state index is 0.189. The smallest absolute Gasteiger partial charge is 0.328 e. The lowest BCUT2D eigenvalue weighted by Crippen LogP contribution is -2.47. The van der Waals surface area contributed by atoms with Gasteiger partial charge in [-0.2, -0.15) is 8.42 Å². The second kappa shape index (κ2) is 13.4. The molecule has 1 rings (SSSR count). The standard InChI is InChI=1S/C20H29N3O9S/c1-21-15(12-33(29,30)31)19(27)22-10-4-3-5-14(20(28)32-2)23-18(26)9-7-13-6-8-16(24)17(25)11-13/h6-9,11,14-15,21,24-25H,3-5,10,12H2,1-2H3,(H,22,27)(H,23,26)(H,29,30,31)/b9-7+/t14-,15?/m0/s1. The first-order valence-corrected chi connectivity index (χ1v) is 11.6. The Kier molecular flexibility index (Phi) is 11.3. The molecule has 0 aliphatic carbocycles. The molecule has 0 spiro atoms. The van der Waals surface area contributed by atoms with Crippen molar-refractivity contribution in [1.29, 1.82) is 0 Å². The Hall–Kier alpha value is -3.16. The van der Waals surface area contributed by atoms with Gasteiger partial charge in [-0.25, -0.2) is 4.79 Å². The lowest BCUT2D eigenvalue weighted by Gasteiger charge is -2.16. The number of nitrogens with one attached hydrogen (secondary N) is 3. The highest BCUT2D eigenvalue weighted by molar-refractivity contribution is 7.85. The van der Waals surface area contributed by atoms with E-state index in [4.69, 9.17) is 9.29 Å². The van der Waals surface area contributed by atoms with E-state index in [2.05, 4.69) is 16.0 Å². The molecule has 0 saturated carbocycles. The van der Waals surface area contributed by atoms with E-state index in [9.17, 15) is 33.0 Å². The Morgan fingerprint density at radius 1 is 1.12 bits per heavy atom. The van der Waals surface area contributed by atoms with Gasteiger partial charge in [0.05, 0.1) is 12.9 Å². The van der Waals surface area contributed by atoms with Gasteiger partial charge in [-0.1, -0.05) is 6.07 Å². The molecule has 0 radical (unpaired) electrons. The predicted octanol–water partition coefficient (Wildman–Crippen LogP) is -0.469. The van der Waals surface area contributed by atoms with Crippen LogP contribution in [0.4, 0.5) is 0 Å². The predicted molar refractivity (Wildman–Crippen MR) is 119 cm³/mol. The molecule has 33 heavy (non-hydrogen) atoms. The normalized spacial score (nSPS) is 13.3. The second-order valence-electron chi connectivity index (χ2n) is 7.04. The first-order valence-electron chi connectivity index (χ1n) is 9.95. The fourth-order valence-electron chi connectivity index (χ4n) is 2.74. The summed E-state index contributed by atoms with van der Waals surface area (Å²) in [5.74, 6) is -3.21. The number of amides is 2. The number of aromatic hydroxyl groups is 2. The molecule has 0 aliphatic heterocycles. The fourth-order valence-corrected chi connectivity index (χ4v) is 3.48. The zero-order chi connectivity index (χ0) is 25.0. The van der Waals surface area contributed by atoms with Gasteiger partial charge in [0, 0.05) is 12.6 Å². The van der Waals surface area contributed by atoms with Crippen LogP contribution in [0.2, 0.25) is 0 Å². The number of phenols is 2. The van der Waals surface area contributed by atoms with Crippen LogP contribution in [-0.2, 0) is 29.2 Å². The van der Waals surface area contributed by atoms with E-state index in [1.54, 1.807) is 0 Å². The van der Waals surface area contributed by atoms with Crippen LogP contribution in [0.25, 0.3) is 6.08 Å². The van der Waals surface area contributed by atoms with E-state index >= 15 is 0 Å². The quantitative estimate of drug-likeness (QED) is 0.0697. The van der Waals surface area contributed by atoms with E-state index in [0.717, 1.165) is 6.08 Å². The van der Waals surface area contributed by atoms with E-state index in [1.807, 2.05) is 0 Å². The molecule has 0 aromatic heterocycles. The number of ether oxygens (including phenoxy) is 1. The SMILES string of the molecule is CNC(CS(=O)(=O)O)C(=O)NCCCC[C@H](NC(=O)/C=C/c1ccc(O)c(O)c1)C(=O)OC. The number of likely N-dealkylation sites (N-methyl/N-ethyl adjacent to an activating group) is 1. The molecular weight excluding hydrogens is 458 g/mol. The van der Waals surface area contributed by atoms with Crippen LogP contribution in [0.3, 0.4) is 0 Å². The van der Waals surface area contributed by atoms with Crippen LogP contribution in [-0.4, -0.2) is 79.5 Å². The van der Waals surface area contributed by atoms with Crippen molar-refractivity contribution in [3.63, 3.8) is 0 Å². The molecule has 1 aromatic rings. The van der Waals surface area contributed by atoms with Crippen LogP contribution >= 0.6 is 0 Å². The number of benzene rings is 1. The van der Waals surface area contributed by atoms with Crippen molar-refractivity contribution in [2.45, 2.75) is 31.3 Å². The monoisotopic (exact) mass is 487 g/mol. The number of rotatable bonds is 13. The second-order valence-corrected chi connectivity index (χ2v) is 8.54. The van der Waals surface area contributed by atoms with Gasteiger partial charge in [-0.3, -0.25) is 14.1 Å². The van der Waals surface area contributed by atoms with Crippen LogP contribution in [0.1, 0.15) is 24.8 Å². The van der Waals surface area contributed by atoms with Crippen molar-refractivity contribution in [2.75, 3.05) is 26.5 Å². The molecule has 0 saturated heterocycles. The average molecular weight is 488 g/mol. The Balaban J connectivity index is 2.52. The van der Waals surface area contributed by atoms with Crippen LogP contribution in [0.5, 0.6) is 11.5 Å². The van der Waals surface area contributed by atoms with Crippen molar-refractivity contribution < 1.29 is 42.3 Å². The number of unbranched alkanes of at least 4 members (excludes halogenated alkanes) is 1. The van der Waals surface area contributed by atoms with Gasteiger partial charge in [-0.15, -0.1) is 0 Å². The van der Waals surface area contributed by atoms with Crippen LogP contribution < -0.4 is 16.0 Å². The number of carbonyl (C=O) groups is 3. The summed E-state index contributed by atoms with van der Waals surface area (Å²) in [5.41, 5.74) is 0.458. The third kappa shape index (κ3) is 10.8. The molecule has 0 bridgehead atoms. The Morgan fingerprint density at radius 2 is 1.82 bits per heavy atom. The molecule has 1 aromatic carbocycles. The maximum absolute atomic E-state index is 12.1. The summed E-state index contributed by atoms with van der Waals surface area (Å²) in [6.07, 6.45) is 3.64. The molecular formula is C20H29N3O9S. The lowest BCUT2D eigenvalue weighted by molar-refractivity contribution is -0.144. The Labute approximate surface area is 191 Å². The summed E-state index contributed by atoms with van der Waals surface area (Å²) in [6, 6.07) is 1.98. The van der Waals surface area contributed by atoms with Crippen molar-refractivity contribution in [3.8, 4) is 11.5 Å². The van der Waals surface area contributed by atoms with Gasteiger partial charge in [0.1, 0.15) is 12.1 Å². The van der Waals surface area contributed by atoms with Crippen LogP contribution in [0, 0.1) is 0 Å². The number of methoxy groups -OCH3 is 1. The number of hydrogen-bond donors (Lipinski definition) is 6. The number of esters is 1. The molecule has 2 amide bonds. The molecule has 0 aliphatic rings. The van der Waals surface area contributed by atoms with Crippen molar-refractivity contribution in [3.05, 3.63) is 29.8 Å². The van der Waals surface area contributed by atoms with E-state index < -0.39 is 45.7 Å². The van der Waals surface area contributed by atoms with Gasteiger partial charge >= 0.3 is 5.97 Å². The highest BCUT2D eigenvalue weighted by atomic mass is 32.2. The molecule has 0 fully saturated rings. The minimum atomic E-state index is -4.32. The summed E-state index contributed by atoms with van der Waals surface area (Å²) < 4.78 is 35.4. The summed E-state index contributed by atoms with van der Waals surface area (Å²) in [4.78, 5) is 36.1. The van der Waals surface area contributed by atoms with E-state index in [0.29, 0.717) is 18.4 Å². The van der Waals surface area contributed by atoms with Crippen LogP contribution in [0.15, 0.2) is 24.3 Å². The summed E-state index contributed by atoms with van der Waals surface area (Å²) in [7, 11) is -1.75. The molecule has 6 N–H and O–H groups in total. The highest BCUT2D eigenvalue weighted by Crippen LogP contribution is 2.25. The van der Waals surface area contributed by atoms with Gasteiger partial charge in [-0.05, 0) is 50.1 Å².